The minimum absolute atomic E-state index is 0.0609. The number of nitrogens with two attached hydrogens (primary N) is 1. The van der Waals surface area contributed by atoms with E-state index in [-0.39, 0.29) is 12.0 Å². The molecule has 1 aliphatic carbocycles. The Labute approximate surface area is 89.9 Å². The third-order valence-electron chi connectivity index (χ3n) is 3.43. The van der Waals surface area contributed by atoms with Gasteiger partial charge in [0.15, 0.2) is 0 Å². The van der Waals surface area contributed by atoms with Gasteiger partial charge in [-0.1, -0.05) is 12.1 Å². The molecule has 1 aromatic rings. The van der Waals surface area contributed by atoms with Gasteiger partial charge in [0.05, 0.1) is 13.7 Å². The highest BCUT2D eigenvalue weighted by atomic mass is 16.5. The zero-order chi connectivity index (χ0) is 10.9. The van der Waals surface area contributed by atoms with Crippen molar-refractivity contribution in [3.05, 3.63) is 29.8 Å². The van der Waals surface area contributed by atoms with Gasteiger partial charge < -0.3 is 15.6 Å². The molecule has 0 spiro atoms. The van der Waals surface area contributed by atoms with Crippen LogP contribution in [0.2, 0.25) is 0 Å². The van der Waals surface area contributed by atoms with Gasteiger partial charge in [-0.15, -0.1) is 0 Å². The number of aliphatic hydroxyl groups excluding tert-OH is 1. The second-order valence-electron chi connectivity index (χ2n) is 4.25. The molecule has 2 atom stereocenters. The molecule has 3 nitrogen and oxygen atoms in total. The highest BCUT2D eigenvalue weighted by Crippen LogP contribution is 2.58. The molecule has 3 heteroatoms. The number of methoxy groups -OCH3 is 1. The van der Waals surface area contributed by atoms with Gasteiger partial charge in [0.2, 0.25) is 0 Å². The maximum Gasteiger partial charge on any atom is 0.118 e. The molecular formula is C12H17NO2. The number of aliphatic hydroxyl groups is 1. The molecule has 1 aromatic carbocycles. The molecule has 2 rings (SSSR count). The second-order valence-corrected chi connectivity index (χ2v) is 4.25. The summed E-state index contributed by atoms with van der Waals surface area (Å²) in [6.07, 6.45) is 0.992. The van der Waals surface area contributed by atoms with Crippen LogP contribution < -0.4 is 10.5 Å². The van der Waals surface area contributed by atoms with Crippen molar-refractivity contribution in [1.29, 1.82) is 0 Å². The van der Waals surface area contributed by atoms with Crippen LogP contribution in [-0.4, -0.2) is 25.4 Å². The van der Waals surface area contributed by atoms with Crippen LogP contribution in [0.5, 0.6) is 5.75 Å². The molecule has 3 N–H and O–H groups in total. The Hall–Kier alpha value is -1.06. The zero-order valence-corrected chi connectivity index (χ0v) is 8.94. The van der Waals surface area contributed by atoms with Crippen LogP contribution in [0.1, 0.15) is 17.9 Å². The molecule has 1 fully saturated rings. The molecule has 0 bridgehead atoms. The average molecular weight is 207 g/mol. The van der Waals surface area contributed by atoms with Crippen molar-refractivity contribution < 1.29 is 9.84 Å². The normalized spacial score (nSPS) is 28.9. The van der Waals surface area contributed by atoms with Crippen LogP contribution >= 0.6 is 0 Å². The smallest absolute Gasteiger partial charge is 0.118 e. The predicted molar refractivity (Wildman–Crippen MR) is 58.9 cm³/mol. The van der Waals surface area contributed by atoms with E-state index in [0.29, 0.717) is 12.5 Å². The van der Waals surface area contributed by atoms with Crippen molar-refractivity contribution in [2.75, 3.05) is 20.3 Å². The lowest BCUT2D eigenvalue weighted by molar-refractivity contribution is 0.211. The van der Waals surface area contributed by atoms with Crippen molar-refractivity contribution in [3.63, 3.8) is 0 Å². The Morgan fingerprint density at radius 1 is 1.47 bits per heavy atom. The summed E-state index contributed by atoms with van der Waals surface area (Å²) in [4.78, 5) is 0. The first-order chi connectivity index (χ1) is 7.25. The molecule has 1 aliphatic rings. The van der Waals surface area contributed by atoms with Crippen LogP contribution in [0.4, 0.5) is 0 Å². The maximum atomic E-state index is 9.28. The van der Waals surface area contributed by atoms with Crippen molar-refractivity contribution in [1.82, 2.24) is 0 Å². The fraction of sp³-hybridized carbons (Fsp3) is 0.500. The minimum Gasteiger partial charge on any atom is -0.497 e. The van der Waals surface area contributed by atoms with Crippen LogP contribution in [0.15, 0.2) is 24.3 Å². The lowest BCUT2D eigenvalue weighted by atomic mass is 10.00. The first-order valence-electron chi connectivity index (χ1n) is 5.20. The molecule has 0 heterocycles. The van der Waals surface area contributed by atoms with Crippen LogP contribution in [0, 0.1) is 5.41 Å². The van der Waals surface area contributed by atoms with Gasteiger partial charge >= 0.3 is 0 Å². The molecule has 15 heavy (non-hydrogen) atoms. The monoisotopic (exact) mass is 207 g/mol. The molecule has 1 saturated carbocycles. The molecule has 0 saturated heterocycles. The van der Waals surface area contributed by atoms with E-state index in [1.165, 1.54) is 5.56 Å². The summed E-state index contributed by atoms with van der Waals surface area (Å²) >= 11 is 0. The summed E-state index contributed by atoms with van der Waals surface area (Å²) in [5.41, 5.74) is 6.86. The Morgan fingerprint density at radius 2 is 2.13 bits per heavy atom. The zero-order valence-electron chi connectivity index (χ0n) is 8.94. The fourth-order valence-corrected chi connectivity index (χ4v) is 2.12. The maximum absolute atomic E-state index is 9.28. The summed E-state index contributed by atoms with van der Waals surface area (Å²) in [5.74, 6) is 1.28. The number of hydrogen-bond acceptors (Lipinski definition) is 3. The van der Waals surface area contributed by atoms with E-state index in [1.807, 2.05) is 12.1 Å². The predicted octanol–water partition coefficient (Wildman–Crippen LogP) is 1.12. The third kappa shape index (κ3) is 1.73. The van der Waals surface area contributed by atoms with E-state index in [1.54, 1.807) is 7.11 Å². The van der Waals surface area contributed by atoms with E-state index >= 15 is 0 Å². The summed E-state index contributed by atoms with van der Waals surface area (Å²) in [6, 6.07) is 8.01. The summed E-state index contributed by atoms with van der Waals surface area (Å²) < 4.78 is 5.10. The Balaban J connectivity index is 2.12. The lowest BCUT2D eigenvalue weighted by Crippen LogP contribution is -2.21. The van der Waals surface area contributed by atoms with E-state index < -0.39 is 0 Å². The molecule has 0 unspecified atom stereocenters. The van der Waals surface area contributed by atoms with Crippen LogP contribution in [-0.2, 0) is 0 Å². The van der Waals surface area contributed by atoms with Crippen LogP contribution in [0.25, 0.3) is 0 Å². The number of rotatable bonds is 4. The van der Waals surface area contributed by atoms with Crippen molar-refractivity contribution in [2.24, 2.45) is 11.1 Å². The van der Waals surface area contributed by atoms with Gasteiger partial charge in [0.1, 0.15) is 5.75 Å². The average Bonchev–Trinajstić information content (AvgIpc) is 3.05. The Kier molecular flexibility index (Phi) is 2.67. The van der Waals surface area contributed by atoms with Crippen LogP contribution in [0.3, 0.4) is 0 Å². The number of ether oxygens (including phenoxy) is 1. The Morgan fingerprint density at radius 3 is 2.53 bits per heavy atom. The first kappa shape index (κ1) is 10.5. The molecule has 0 amide bonds. The van der Waals surface area contributed by atoms with Gasteiger partial charge in [-0.3, -0.25) is 0 Å². The number of hydrogen-bond donors (Lipinski definition) is 2. The van der Waals surface area contributed by atoms with Gasteiger partial charge in [0, 0.05) is 12.0 Å². The summed E-state index contributed by atoms with van der Waals surface area (Å²) in [7, 11) is 1.66. The minimum atomic E-state index is -0.0609. The second kappa shape index (κ2) is 3.83. The van der Waals surface area contributed by atoms with E-state index in [9.17, 15) is 5.11 Å². The summed E-state index contributed by atoms with van der Waals surface area (Å²) in [6.45, 7) is 0.736. The molecular weight excluding hydrogens is 190 g/mol. The van der Waals surface area contributed by atoms with Crippen molar-refractivity contribution >= 4 is 0 Å². The highest BCUT2D eigenvalue weighted by molar-refractivity contribution is 5.35. The molecule has 0 aromatic heterocycles. The van der Waals surface area contributed by atoms with Crippen molar-refractivity contribution in [2.45, 2.75) is 12.3 Å². The number of benzene rings is 1. The Bertz CT molecular complexity index is 330. The van der Waals surface area contributed by atoms with Gasteiger partial charge in [0.25, 0.3) is 0 Å². The van der Waals surface area contributed by atoms with E-state index in [4.69, 9.17) is 10.5 Å². The summed E-state index contributed by atoms with van der Waals surface area (Å²) in [5, 5.41) is 9.28. The largest absolute Gasteiger partial charge is 0.497 e. The molecule has 82 valence electrons. The lowest BCUT2D eigenvalue weighted by Gasteiger charge is -2.11. The van der Waals surface area contributed by atoms with Gasteiger partial charge in [-0.05, 0) is 30.0 Å². The molecule has 0 aliphatic heterocycles. The highest BCUT2D eigenvalue weighted by Gasteiger charge is 2.53. The fourth-order valence-electron chi connectivity index (χ4n) is 2.12. The SMILES string of the molecule is COc1ccc([C@@H]2C[C@@]2(CN)CO)cc1. The molecule has 0 radical (unpaired) electrons. The third-order valence-corrected chi connectivity index (χ3v) is 3.43. The quantitative estimate of drug-likeness (QED) is 0.778. The van der Waals surface area contributed by atoms with Crippen molar-refractivity contribution in [3.8, 4) is 5.75 Å². The van der Waals surface area contributed by atoms with E-state index in [2.05, 4.69) is 12.1 Å². The van der Waals surface area contributed by atoms with Gasteiger partial charge in [-0.2, -0.15) is 0 Å². The topological polar surface area (TPSA) is 55.5 Å². The first-order valence-corrected chi connectivity index (χ1v) is 5.20. The van der Waals surface area contributed by atoms with E-state index in [0.717, 1.165) is 12.2 Å². The standard InChI is InChI=1S/C12H17NO2/c1-15-10-4-2-9(3-5-10)11-6-12(11,7-13)8-14/h2-5,11,14H,6-8,13H2,1H3/t11-,12+/m0/s1. The van der Waals surface area contributed by atoms with Gasteiger partial charge in [-0.25, -0.2) is 0 Å².